The average Bonchev–Trinajstić information content (AvgIpc) is 2.08. The van der Waals surface area contributed by atoms with E-state index in [4.69, 9.17) is 0 Å². The number of rotatable bonds is 0. The number of hydrogen-bond donors (Lipinski definition) is 2. The zero-order chi connectivity index (χ0) is 12.3. The molecular weight excluding hydrogens is 252 g/mol. The van der Waals surface area contributed by atoms with E-state index in [1.165, 1.54) is 0 Å². The van der Waals surface area contributed by atoms with E-state index in [9.17, 15) is 0 Å². The first-order valence-corrected chi connectivity index (χ1v) is 5.30. The summed E-state index contributed by atoms with van der Waals surface area (Å²) in [6.45, 7) is 6.00. The Hall–Kier alpha value is 0.220. The highest BCUT2D eigenvalue weighted by Crippen LogP contribution is 1.84. The Morgan fingerprint density at radius 2 is 0.929 bits per heavy atom. The number of nitrogens with zero attached hydrogens (tertiary/aromatic N) is 2. The standard InChI is InChI=1S/2C3H7NS2.C2H4/c2*1-4(2)3(5)6;1-2/h2*1-2H3,(H,5,6);1-2H2. The fourth-order valence-electron chi connectivity index (χ4n) is 0. The molecule has 0 fully saturated rings. The first-order valence-electron chi connectivity index (χ1n) is 3.59. The summed E-state index contributed by atoms with van der Waals surface area (Å²) in [5.74, 6) is 0. The Labute approximate surface area is 109 Å². The molecule has 0 radical (unpaired) electrons. The highest BCUT2D eigenvalue weighted by molar-refractivity contribution is 8.11. The first-order chi connectivity index (χ1) is 6.29. The number of hydrogen-bond acceptors (Lipinski definition) is 2. The fraction of sp³-hybridized carbons (Fsp3) is 0.500. The SMILES string of the molecule is C=C.CN(C)C(=S)S.CN(C)C(=S)S. The van der Waals surface area contributed by atoms with E-state index in [0.29, 0.717) is 8.64 Å². The van der Waals surface area contributed by atoms with Crippen LogP contribution >= 0.6 is 49.7 Å². The molecule has 6 heteroatoms. The van der Waals surface area contributed by atoms with Crippen LogP contribution in [0.1, 0.15) is 0 Å². The maximum absolute atomic E-state index is 4.61. The van der Waals surface area contributed by atoms with Crippen molar-refractivity contribution in [3.8, 4) is 0 Å². The number of thiocarbonyl (C=S) groups is 2. The molecule has 0 rings (SSSR count). The van der Waals surface area contributed by atoms with Gasteiger partial charge in [-0.1, -0.05) is 24.4 Å². The van der Waals surface area contributed by atoms with E-state index < -0.39 is 0 Å². The lowest BCUT2D eigenvalue weighted by Gasteiger charge is -2.05. The van der Waals surface area contributed by atoms with Gasteiger partial charge in [-0.05, 0) is 0 Å². The van der Waals surface area contributed by atoms with Crippen LogP contribution in [0.3, 0.4) is 0 Å². The van der Waals surface area contributed by atoms with Gasteiger partial charge in [0.25, 0.3) is 0 Å². The second kappa shape index (κ2) is 13.2. The molecule has 0 saturated heterocycles. The summed E-state index contributed by atoms with van der Waals surface area (Å²) in [7, 11) is 7.43. The molecule has 0 aliphatic carbocycles. The molecule has 14 heavy (non-hydrogen) atoms. The van der Waals surface area contributed by atoms with Crippen molar-refractivity contribution < 1.29 is 0 Å². The van der Waals surface area contributed by atoms with Crippen molar-refractivity contribution in [1.29, 1.82) is 0 Å². The maximum Gasteiger partial charge on any atom is 0.132 e. The summed E-state index contributed by atoms with van der Waals surface area (Å²) in [5, 5.41) is 0. The van der Waals surface area contributed by atoms with E-state index in [-0.39, 0.29) is 0 Å². The summed E-state index contributed by atoms with van der Waals surface area (Å²) in [5.41, 5.74) is 0. The minimum absolute atomic E-state index is 0.620. The van der Waals surface area contributed by atoms with Crippen molar-refractivity contribution in [2.45, 2.75) is 0 Å². The molecule has 0 spiro atoms. The minimum atomic E-state index is 0.620. The van der Waals surface area contributed by atoms with E-state index in [0.717, 1.165) is 0 Å². The molecule has 2 nitrogen and oxygen atoms in total. The van der Waals surface area contributed by atoms with Gasteiger partial charge in [-0.15, -0.1) is 38.4 Å². The maximum atomic E-state index is 4.61. The van der Waals surface area contributed by atoms with E-state index in [1.54, 1.807) is 9.80 Å². The van der Waals surface area contributed by atoms with Crippen LogP contribution in [0.15, 0.2) is 13.2 Å². The highest BCUT2D eigenvalue weighted by Gasteiger charge is 1.84. The third kappa shape index (κ3) is 22.8. The Balaban J connectivity index is -0.000000147. The van der Waals surface area contributed by atoms with Gasteiger partial charge in [0.05, 0.1) is 0 Å². The third-order valence-corrected chi connectivity index (χ3v) is 2.30. The zero-order valence-electron chi connectivity index (χ0n) is 9.02. The summed E-state index contributed by atoms with van der Waals surface area (Å²) in [6.07, 6.45) is 0. The first kappa shape index (κ1) is 19.7. The van der Waals surface area contributed by atoms with Crippen molar-refractivity contribution in [3.05, 3.63) is 13.2 Å². The molecule has 0 aromatic heterocycles. The second-order valence-electron chi connectivity index (χ2n) is 2.35. The van der Waals surface area contributed by atoms with Crippen molar-refractivity contribution in [1.82, 2.24) is 9.80 Å². The van der Waals surface area contributed by atoms with Crippen LogP contribution in [0.2, 0.25) is 0 Å². The molecule has 0 atom stereocenters. The van der Waals surface area contributed by atoms with Crippen molar-refractivity contribution in [2.75, 3.05) is 28.2 Å². The van der Waals surface area contributed by atoms with Crippen molar-refractivity contribution in [2.24, 2.45) is 0 Å². The molecule has 0 unspecified atom stereocenters. The van der Waals surface area contributed by atoms with Gasteiger partial charge in [-0.2, -0.15) is 0 Å². The summed E-state index contributed by atoms with van der Waals surface area (Å²) >= 11 is 16.9. The average molecular weight is 271 g/mol. The van der Waals surface area contributed by atoms with Crippen molar-refractivity contribution >= 4 is 58.3 Å². The van der Waals surface area contributed by atoms with Gasteiger partial charge in [0, 0.05) is 28.2 Å². The van der Waals surface area contributed by atoms with Gasteiger partial charge in [0.2, 0.25) is 0 Å². The molecule has 0 aliphatic rings. The van der Waals surface area contributed by atoms with Gasteiger partial charge < -0.3 is 9.80 Å². The molecule has 0 aromatic rings. The Morgan fingerprint density at radius 3 is 0.929 bits per heavy atom. The summed E-state index contributed by atoms with van der Waals surface area (Å²) in [6, 6.07) is 0. The molecule has 0 saturated carbocycles. The minimum Gasteiger partial charge on any atom is -0.364 e. The van der Waals surface area contributed by atoms with Crippen LogP contribution in [0.25, 0.3) is 0 Å². The smallest absolute Gasteiger partial charge is 0.132 e. The second-order valence-corrected chi connectivity index (χ2v) is 4.58. The van der Waals surface area contributed by atoms with Crippen LogP contribution in [-0.4, -0.2) is 46.6 Å². The zero-order valence-corrected chi connectivity index (χ0v) is 12.4. The Morgan fingerprint density at radius 1 is 0.857 bits per heavy atom. The van der Waals surface area contributed by atoms with Gasteiger partial charge in [-0.3, -0.25) is 0 Å². The van der Waals surface area contributed by atoms with Gasteiger partial charge in [0.1, 0.15) is 8.64 Å². The van der Waals surface area contributed by atoms with Crippen LogP contribution in [0.5, 0.6) is 0 Å². The van der Waals surface area contributed by atoms with Gasteiger partial charge in [0.15, 0.2) is 0 Å². The monoisotopic (exact) mass is 270 g/mol. The topological polar surface area (TPSA) is 6.48 Å². The molecule has 0 aliphatic heterocycles. The Bertz CT molecular complexity index is 151. The van der Waals surface area contributed by atoms with E-state index in [2.05, 4.69) is 62.9 Å². The van der Waals surface area contributed by atoms with Crippen molar-refractivity contribution in [3.63, 3.8) is 0 Å². The predicted octanol–water partition coefficient (Wildman–Crippen LogP) is 2.33. The quantitative estimate of drug-likeness (QED) is 0.396. The molecular formula is C8H18N2S4. The third-order valence-electron chi connectivity index (χ3n) is 0.765. The molecule has 0 bridgehead atoms. The largest absolute Gasteiger partial charge is 0.364 e. The molecule has 0 N–H and O–H groups in total. The summed E-state index contributed by atoms with van der Waals surface area (Å²) < 4.78 is 1.24. The van der Waals surface area contributed by atoms with E-state index >= 15 is 0 Å². The molecule has 0 heterocycles. The fourth-order valence-corrected chi connectivity index (χ4v) is 0. The molecule has 0 aromatic carbocycles. The van der Waals surface area contributed by atoms with Gasteiger partial charge >= 0.3 is 0 Å². The lowest BCUT2D eigenvalue weighted by atomic mass is 11.0. The molecule has 84 valence electrons. The van der Waals surface area contributed by atoms with E-state index in [1.807, 2.05) is 28.2 Å². The highest BCUT2D eigenvalue weighted by atomic mass is 32.1. The van der Waals surface area contributed by atoms with Crippen LogP contribution in [0.4, 0.5) is 0 Å². The Kier molecular flexibility index (Phi) is 18.6. The van der Waals surface area contributed by atoms with Crippen LogP contribution < -0.4 is 0 Å². The lowest BCUT2D eigenvalue weighted by Crippen LogP contribution is -2.12. The molecule has 0 amide bonds. The van der Waals surface area contributed by atoms with Crippen LogP contribution in [-0.2, 0) is 0 Å². The normalized spacial score (nSPS) is 7.00. The summed E-state index contributed by atoms with van der Waals surface area (Å²) in [4.78, 5) is 3.52. The van der Waals surface area contributed by atoms with Crippen LogP contribution in [0, 0.1) is 0 Å². The lowest BCUT2D eigenvalue weighted by molar-refractivity contribution is 0.648. The number of thiol groups is 2. The predicted molar refractivity (Wildman–Crippen MR) is 81.8 cm³/mol. The van der Waals surface area contributed by atoms with Gasteiger partial charge in [-0.25, -0.2) is 0 Å².